The molecule has 1 aromatic rings. The summed E-state index contributed by atoms with van der Waals surface area (Å²) in [5, 5.41) is 3.90. The number of thioether (sulfide) groups is 1. The maximum absolute atomic E-state index is 12.0. The molecular formula is C16H23ClN2OS. The van der Waals surface area contributed by atoms with Crippen molar-refractivity contribution in [2.75, 3.05) is 12.3 Å². The number of nitrogens with one attached hydrogen (secondary N) is 1. The molecule has 0 radical (unpaired) electrons. The highest BCUT2D eigenvalue weighted by Crippen LogP contribution is 2.23. The van der Waals surface area contributed by atoms with Crippen LogP contribution in [-0.4, -0.2) is 24.2 Å². The van der Waals surface area contributed by atoms with Crippen molar-refractivity contribution < 1.29 is 4.79 Å². The summed E-state index contributed by atoms with van der Waals surface area (Å²) in [5.41, 5.74) is 6.98. The van der Waals surface area contributed by atoms with Crippen LogP contribution in [0.3, 0.4) is 0 Å². The summed E-state index contributed by atoms with van der Waals surface area (Å²) in [7, 11) is 0. The van der Waals surface area contributed by atoms with E-state index in [-0.39, 0.29) is 11.9 Å². The molecule has 0 spiro atoms. The number of hydrogen-bond acceptors (Lipinski definition) is 3. The molecule has 2 atom stereocenters. The van der Waals surface area contributed by atoms with Gasteiger partial charge in [-0.15, -0.1) is 11.8 Å². The van der Waals surface area contributed by atoms with E-state index in [0.717, 1.165) is 23.6 Å². The first-order chi connectivity index (χ1) is 10.2. The molecule has 1 saturated carbocycles. The monoisotopic (exact) mass is 326 g/mol. The maximum Gasteiger partial charge on any atom is 0.230 e. The van der Waals surface area contributed by atoms with Crippen LogP contribution >= 0.6 is 23.4 Å². The fourth-order valence-electron chi connectivity index (χ4n) is 2.77. The minimum atomic E-state index is 0.124. The molecule has 3 N–H and O–H groups in total. The molecule has 21 heavy (non-hydrogen) atoms. The van der Waals surface area contributed by atoms with Gasteiger partial charge in [-0.3, -0.25) is 4.79 Å². The van der Waals surface area contributed by atoms with Crippen LogP contribution in [0, 0.1) is 5.92 Å². The molecule has 0 saturated heterocycles. The second kappa shape index (κ2) is 8.66. The van der Waals surface area contributed by atoms with E-state index in [4.69, 9.17) is 17.3 Å². The fourth-order valence-corrected chi connectivity index (χ4v) is 3.70. The first kappa shape index (κ1) is 16.7. The number of carbonyl (C=O) groups is 1. The number of amides is 1. The molecule has 3 nitrogen and oxygen atoms in total. The lowest BCUT2D eigenvalue weighted by Gasteiger charge is -2.31. The second-order valence-electron chi connectivity index (χ2n) is 5.57. The number of carbonyl (C=O) groups excluding carboxylic acids is 1. The van der Waals surface area contributed by atoms with Crippen LogP contribution in [0.25, 0.3) is 0 Å². The lowest BCUT2D eigenvalue weighted by molar-refractivity contribution is -0.119. The number of hydrogen-bond donors (Lipinski definition) is 2. The molecule has 0 bridgehead atoms. The number of rotatable bonds is 6. The van der Waals surface area contributed by atoms with Crippen LogP contribution < -0.4 is 11.1 Å². The first-order valence-electron chi connectivity index (χ1n) is 7.50. The van der Waals surface area contributed by atoms with Crippen LogP contribution in [0.15, 0.2) is 24.3 Å². The zero-order valence-corrected chi connectivity index (χ0v) is 13.8. The lowest BCUT2D eigenvalue weighted by Crippen LogP contribution is -2.45. The predicted molar refractivity (Wildman–Crippen MR) is 90.6 cm³/mol. The van der Waals surface area contributed by atoms with Crippen molar-refractivity contribution in [3.8, 4) is 0 Å². The fraction of sp³-hybridized carbons (Fsp3) is 0.562. The van der Waals surface area contributed by atoms with Gasteiger partial charge in [0.2, 0.25) is 5.91 Å². The Bertz CT molecular complexity index is 452. The third-order valence-electron chi connectivity index (χ3n) is 3.97. The minimum Gasteiger partial charge on any atom is -0.352 e. The zero-order valence-electron chi connectivity index (χ0n) is 12.2. The maximum atomic E-state index is 12.0. The van der Waals surface area contributed by atoms with E-state index in [1.165, 1.54) is 18.4 Å². The normalized spacial score (nSPS) is 22.0. The summed E-state index contributed by atoms with van der Waals surface area (Å²) in [6, 6.07) is 8.03. The van der Waals surface area contributed by atoms with Crippen LogP contribution in [0.5, 0.6) is 0 Å². The molecule has 1 aliphatic rings. The molecule has 116 valence electrons. The van der Waals surface area contributed by atoms with Crippen molar-refractivity contribution in [3.05, 3.63) is 34.9 Å². The quantitative estimate of drug-likeness (QED) is 0.844. The van der Waals surface area contributed by atoms with Crippen molar-refractivity contribution in [3.63, 3.8) is 0 Å². The molecule has 5 heteroatoms. The van der Waals surface area contributed by atoms with E-state index in [1.807, 2.05) is 24.3 Å². The summed E-state index contributed by atoms with van der Waals surface area (Å²) in [6.45, 7) is 0.670. The first-order valence-corrected chi connectivity index (χ1v) is 9.04. The molecule has 1 amide bonds. The molecule has 1 aromatic carbocycles. The highest BCUT2D eigenvalue weighted by molar-refractivity contribution is 7.99. The van der Waals surface area contributed by atoms with Crippen molar-refractivity contribution in [1.29, 1.82) is 0 Å². The molecule has 2 rings (SSSR count). The summed E-state index contributed by atoms with van der Waals surface area (Å²) in [6.07, 6.45) is 4.63. The van der Waals surface area contributed by atoms with Crippen LogP contribution in [0.4, 0.5) is 0 Å². The lowest BCUT2D eigenvalue weighted by atomic mass is 9.84. The zero-order chi connectivity index (χ0) is 15.1. The van der Waals surface area contributed by atoms with Gasteiger partial charge in [0.25, 0.3) is 0 Å². The molecule has 1 fully saturated rings. The Hall–Kier alpha value is -0.710. The summed E-state index contributed by atoms with van der Waals surface area (Å²) in [4.78, 5) is 12.0. The Morgan fingerprint density at radius 3 is 2.71 bits per heavy atom. The van der Waals surface area contributed by atoms with E-state index in [2.05, 4.69) is 5.32 Å². The van der Waals surface area contributed by atoms with Gasteiger partial charge in [0.05, 0.1) is 5.75 Å². The number of benzene rings is 1. The van der Waals surface area contributed by atoms with Crippen molar-refractivity contribution in [2.24, 2.45) is 11.7 Å². The van der Waals surface area contributed by atoms with E-state index in [9.17, 15) is 4.79 Å². The van der Waals surface area contributed by atoms with Crippen LogP contribution in [0.2, 0.25) is 5.02 Å². The standard InChI is InChI=1S/C16H23ClN2OS/c17-14-7-5-12(6-8-14)10-21-11-16(20)19-15-4-2-1-3-13(15)9-18/h5-8,13,15H,1-4,9-11,18H2,(H,19,20). The smallest absolute Gasteiger partial charge is 0.230 e. The molecule has 0 aromatic heterocycles. The number of nitrogens with two attached hydrogens (primary N) is 1. The number of halogens is 1. The third kappa shape index (κ3) is 5.53. The minimum absolute atomic E-state index is 0.124. The van der Waals surface area contributed by atoms with Gasteiger partial charge in [-0.05, 0) is 43.0 Å². The van der Waals surface area contributed by atoms with Gasteiger partial charge in [-0.2, -0.15) is 0 Å². The average Bonchev–Trinajstić information content (AvgIpc) is 2.50. The van der Waals surface area contributed by atoms with Gasteiger partial charge in [0.15, 0.2) is 0 Å². The summed E-state index contributed by atoms with van der Waals surface area (Å²) in [5.74, 6) is 1.90. The molecule has 1 aliphatic carbocycles. The van der Waals surface area contributed by atoms with Gasteiger partial charge in [0, 0.05) is 16.8 Å². The second-order valence-corrected chi connectivity index (χ2v) is 7.00. The van der Waals surface area contributed by atoms with Gasteiger partial charge < -0.3 is 11.1 Å². The van der Waals surface area contributed by atoms with Crippen LogP contribution in [-0.2, 0) is 10.5 Å². The van der Waals surface area contributed by atoms with Crippen LogP contribution in [0.1, 0.15) is 31.2 Å². The van der Waals surface area contributed by atoms with E-state index < -0.39 is 0 Å². The Kier molecular flexibility index (Phi) is 6.87. The van der Waals surface area contributed by atoms with E-state index >= 15 is 0 Å². The Labute approximate surface area is 136 Å². The van der Waals surface area contributed by atoms with Crippen molar-refractivity contribution in [2.45, 2.75) is 37.5 Å². The van der Waals surface area contributed by atoms with E-state index in [0.29, 0.717) is 18.2 Å². The summed E-state index contributed by atoms with van der Waals surface area (Å²) < 4.78 is 0. The van der Waals surface area contributed by atoms with Gasteiger partial charge in [-0.25, -0.2) is 0 Å². The molecular weight excluding hydrogens is 304 g/mol. The highest BCUT2D eigenvalue weighted by atomic mass is 35.5. The highest BCUT2D eigenvalue weighted by Gasteiger charge is 2.24. The average molecular weight is 327 g/mol. The molecule has 0 heterocycles. The predicted octanol–water partition coefficient (Wildman–Crippen LogP) is 3.21. The Morgan fingerprint density at radius 1 is 1.29 bits per heavy atom. The molecule has 0 aliphatic heterocycles. The van der Waals surface area contributed by atoms with Gasteiger partial charge in [-0.1, -0.05) is 36.6 Å². The van der Waals surface area contributed by atoms with Crippen molar-refractivity contribution in [1.82, 2.24) is 5.32 Å². The van der Waals surface area contributed by atoms with Gasteiger partial charge >= 0.3 is 0 Å². The summed E-state index contributed by atoms with van der Waals surface area (Å²) >= 11 is 7.48. The molecule has 2 unspecified atom stereocenters. The van der Waals surface area contributed by atoms with E-state index in [1.54, 1.807) is 11.8 Å². The largest absolute Gasteiger partial charge is 0.352 e. The Morgan fingerprint density at radius 2 is 2.00 bits per heavy atom. The van der Waals surface area contributed by atoms with Gasteiger partial charge in [0.1, 0.15) is 0 Å². The third-order valence-corrected chi connectivity index (χ3v) is 5.23. The van der Waals surface area contributed by atoms with Crippen molar-refractivity contribution >= 4 is 29.3 Å². The topological polar surface area (TPSA) is 55.1 Å². The Balaban J connectivity index is 1.70. The SMILES string of the molecule is NCC1CCCCC1NC(=O)CSCc1ccc(Cl)cc1.